The van der Waals surface area contributed by atoms with E-state index in [1.54, 1.807) is 23.1 Å². The maximum Gasteiger partial charge on any atom is 0.224 e. The van der Waals surface area contributed by atoms with Gasteiger partial charge in [0.25, 0.3) is 0 Å². The highest BCUT2D eigenvalue weighted by atomic mass is 19.1. The lowest BCUT2D eigenvalue weighted by atomic mass is 10.1. The number of ether oxygens (including phenoxy) is 1. The van der Waals surface area contributed by atoms with Gasteiger partial charge in [0.15, 0.2) is 0 Å². The highest BCUT2D eigenvalue weighted by Crippen LogP contribution is 2.15. The zero-order chi connectivity index (χ0) is 16.1. The molecule has 6 nitrogen and oxygen atoms in total. The Morgan fingerprint density at radius 2 is 2.35 bits per heavy atom. The molecule has 7 heteroatoms. The molecule has 1 saturated heterocycles. The van der Waals surface area contributed by atoms with Gasteiger partial charge in [-0.2, -0.15) is 9.49 Å². The topological polar surface area (TPSA) is 69.0 Å². The van der Waals surface area contributed by atoms with E-state index < -0.39 is 5.95 Å². The molecule has 0 aliphatic carbocycles. The summed E-state index contributed by atoms with van der Waals surface area (Å²) >= 11 is 0. The summed E-state index contributed by atoms with van der Waals surface area (Å²) < 4.78 is 20.1. The first-order chi connectivity index (χ1) is 11.2. The SMILES string of the molecule is O=C(CCc1ccc(F)nc1)Nc1cnn(CC2CCCO2)c1. The van der Waals surface area contributed by atoms with Gasteiger partial charge in [-0.25, -0.2) is 4.98 Å². The van der Waals surface area contributed by atoms with Crippen LogP contribution < -0.4 is 5.32 Å². The van der Waals surface area contributed by atoms with Crippen molar-refractivity contribution >= 4 is 11.6 Å². The summed E-state index contributed by atoms with van der Waals surface area (Å²) in [5, 5.41) is 7.04. The van der Waals surface area contributed by atoms with Crippen LogP contribution in [0.1, 0.15) is 24.8 Å². The lowest BCUT2D eigenvalue weighted by Crippen LogP contribution is -2.15. The van der Waals surface area contributed by atoms with Gasteiger partial charge < -0.3 is 10.1 Å². The molecule has 3 heterocycles. The van der Waals surface area contributed by atoms with Crippen LogP contribution in [-0.2, 0) is 22.5 Å². The fourth-order valence-corrected chi connectivity index (χ4v) is 2.56. The molecule has 3 rings (SSSR count). The van der Waals surface area contributed by atoms with E-state index in [1.165, 1.54) is 12.3 Å². The Balaban J connectivity index is 1.45. The second kappa shape index (κ2) is 7.32. The van der Waals surface area contributed by atoms with E-state index in [9.17, 15) is 9.18 Å². The third-order valence-electron chi connectivity index (χ3n) is 3.76. The quantitative estimate of drug-likeness (QED) is 0.829. The number of carbonyl (C=O) groups is 1. The third-order valence-corrected chi connectivity index (χ3v) is 3.76. The molecule has 1 N–H and O–H groups in total. The summed E-state index contributed by atoms with van der Waals surface area (Å²) in [5.74, 6) is -0.622. The van der Waals surface area contributed by atoms with Crippen molar-refractivity contribution in [3.05, 3.63) is 42.2 Å². The van der Waals surface area contributed by atoms with Crippen molar-refractivity contribution in [3.8, 4) is 0 Å². The summed E-state index contributed by atoms with van der Waals surface area (Å²) in [5.41, 5.74) is 1.50. The summed E-state index contributed by atoms with van der Waals surface area (Å²) in [6, 6.07) is 2.93. The van der Waals surface area contributed by atoms with Crippen molar-refractivity contribution in [2.75, 3.05) is 11.9 Å². The van der Waals surface area contributed by atoms with Gasteiger partial charge in [-0.1, -0.05) is 6.07 Å². The van der Waals surface area contributed by atoms with Crippen LogP contribution in [0.25, 0.3) is 0 Å². The fourth-order valence-electron chi connectivity index (χ4n) is 2.56. The van der Waals surface area contributed by atoms with Crippen LogP contribution in [0, 0.1) is 5.95 Å². The Hall–Kier alpha value is -2.28. The van der Waals surface area contributed by atoms with Crippen molar-refractivity contribution in [1.29, 1.82) is 0 Å². The average molecular weight is 318 g/mol. The summed E-state index contributed by atoms with van der Waals surface area (Å²) in [6.07, 6.45) is 8.06. The van der Waals surface area contributed by atoms with Crippen LogP contribution in [-0.4, -0.2) is 33.4 Å². The monoisotopic (exact) mass is 318 g/mol. The maximum absolute atomic E-state index is 12.7. The zero-order valence-electron chi connectivity index (χ0n) is 12.7. The Morgan fingerprint density at radius 1 is 1.43 bits per heavy atom. The van der Waals surface area contributed by atoms with E-state index in [0.29, 0.717) is 25.1 Å². The molecule has 1 aliphatic heterocycles. The molecule has 23 heavy (non-hydrogen) atoms. The normalized spacial score (nSPS) is 17.3. The molecule has 1 unspecified atom stereocenters. The smallest absolute Gasteiger partial charge is 0.224 e. The van der Waals surface area contributed by atoms with Gasteiger partial charge in [-0.05, 0) is 30.9 Å². The Kier molecular flexibility index (Phi) is 4.97. The summed E-state index contributed by atoms with van der Waals surface area (Å²) in [4.78, 5) is 15.5. The van der Waals surface area contributed by atoms with E-state index in [0.717, 1.165) is 25.0 Å². The van der Waals surface area contributed by atoms with E-state index in [1.807, 2.05) is 0 Å². The Labute approximate surface area is 133 Å². The molecule has 2 aromatic heterocycles. The van der Waals surface area contributed by atoms with Crippen molar-refractivity contribution in [2.45, 2.75) is 38.3 Å². The maximum atomic E-state index is 12.7. The minimum Gasteiger partial charge on any atom is -0.376 e. The summed E-state index contributed by atoms with van der Waals surface area (Å²) in [6.45, 7) is 1.52. The minimum atomic E-state index is -0.517. The molecule has 1 fully saturated rings. The molecule has 122 valence electrons. The number of nitrogens with one attached hydrogen (secondary N) is 1. The number of nitrogens with zero attached hydrogens (tertiary/aromatic N) is 3. The van der Waals surface area contributed by atoms with Crippen molar-refractivity contribution in [1.82, 2.24) is 14.8 Å². The van der Waals surface area contributed by atoms with Gasteiger partial charge in [0.2, 0.25) is 11.9 Å². The first kappa shape index (κ1) is 15.6. The molecule has 1 atom stereocenters. The number of hydrogen-bond donors (Lipinski definition) is 1. The lowest BCUT2D eigenvalue weighted by molar-refractivity contribution is -0.116. The van der Waals surface area contributed by atoms with Crippen LogP contribution in [0.3, 0.4) is 0 Å². The van der Waals surface area contributed by atoms with Crippen LogP contribution in [0.2, 0.25) is 0 Å². The predicted molar refractivity (Wildman–Crippen MR) is 82.3 cm³/mol. The molecular formula is C16H19FN4O2. The molecule has 0 radical (unpaired) electrons. The van der Waals surface area contributed by atoms with Gasteiger partial charge in [-0.3, -0.25) is 9.48 Å². The number of pyridine rings is 1. The highest BCUT2D eigenvalue weighted by Gasteiger charge is 2.16. The molecule has 2 aromatic rings. The standard InChI is InChI=1S/C16H19FN4O2/c17-15-5-3-12(8-18-15)4-6-16(22)20-13-9-19-21(10-13)11-14-2-1-7-23-14/h3,5,8-10,14H,1-2,4,6-7,11H2,(H,20,22). The number of rotatable bonds is 6. The van der Waals surface area contributed by atoms with Crippen molar-refractivity contribution < 1.29 is 13.9 Å². The zero-order valence-corrected chi connectivity index (χ0v) is 12.7. The molecule has 1 amide bonds. The molecule has 0 spiro atoms. The van der Waals surface area contributed by atoms with Gasteiger partial charge >= 0.3 is 0 Å². The average Bonchev–Trinajstić information content (AvgIpc) is 3.19. The number of anilines is 1. The van der Waals surface area contributed by atoms with Crippen LogP contribution in [0.15, 0.2) is 30.7 Å². The molecule has 0 aromatic carbocycles. The number of halogens is 1. The first-order valence-electron chi connectivity index (χ1n) is 7.73. The van der Waals surface area contributed by atoms with E-state index in [-0.39, 0.29) is 12.0 Å². The lowest BCUT2D eigenvalue weighted by Gasteiger charge is -2.08. The van der Waals surface area contributed by atoms with Gasteiger partial charge in [-0.15, -0.1) is 0 Å². The second-order valence-electron chi connectivity index (χ2n) is 5.62. The number of aromatic nitrogens is 3. The fraction of sp³-hybridized carbons (Fsp3) is 0.438. The van der Waals surface area contributed by atoms with E-state index in [4.69, 9.17) is 4.74 Å². The van der Waals surface area contributed by atoms with Crippen molar-refractivity contribution in [3.63, 3.8) is 0 Å². The van der Waals surface area contributed by atoms with Crippen LogP contribution in [0.4, 0.5) is 10.1 Å². The second-order valence-corrected chi connectivity index (χ2v) is 5.62. The number of carbonyl (C=O) groups excluding carboxylic acids is 1. The van der Waals surface area contributed by atoms with E-state index >= 15 is 0 Å². The van der Waals surface area contributed by atoms with E-state index in [2.05, 4.69) is 15.4 Å². The first-order valence-corrected chi connectivity index (χ1v) is 7.73. The summed E-state index contributed by atoms with van der Waals surface area (Å²) in [7, 11) is 0. The number of amides is 1. The Bertz CT molecular complexity index is 650. The van der Waals surface area contributed by atoms with Crippen molar-refractivity contribution in [2.24, 2.45) is 0 Å². The largest absolute Gasteiger partial charge is 0.376 e. The third kappa shape index (κ3) is 4.59. The van der Waals surface area contributed by atoms with Gasteiger partial charge in [0.1, 0.15) is 0 Å². The van der Waals surface area contributed by atoms with Crippen LogP contribution in [0.5, 0.6) is 0 Å². The highest BCUT2D eigenvalue weighted by molar-refractivity contribution is 5.90. The predicted octanol–water partition coefficient (Wildman–Crippen LogP) is 2.17. The Morgan fingerprint density at radius 3 is 3.09 bits per heavy atom. The molecule has 0 saturated carbocycles. The molecule has 0 bridgehead atoms. The molecular weight excluding hydrogens is 299 g/mol. The minimum absolute atomic E-state index is 0.106. The van der Waals surface area contributed by atoms with Gasteiger partial charge in [0.05, 0.1) is 24.5 Å². The number of hydrogen-bond acceptors (Lipinski definition) is 4. The number of aryl methyl sites for hydroxylation is 1. The van der Waals surface area contributed by atoms with Crippen LogP contribution >= 0.6 is 0 Å². The molecule has 1 aliphatic rings. The van der Waals surface area contributed by atoms with Gasteiger partial charge in [0, 0.05) is 25.4 Å².